The summed E-state index contributed by atoms with van der Waals surface area (Å²) in [6.07, 6.45) is 6.75. The maximum absolute atomic E-state index is 13.2. The van der Waals surface area contributed by atoms with Crippen molar-refractivity contribution in [2.45, 2.75) is 0 Å². The Morgan fingerprint density at radius 2 is 2.04 bits per heavy atom. The molecule has 1 amide bonds. The summed E-state index contributed by atoms with van der Waals surface area (Å²) in [7, 11) is 0. The van der Waals surface area contributed by atoms with Crippen molar-refractivity contribution in [2.75, 3.05) is 5.32 Å². The molecule has 1 N–H and O–H groups in total. The second-order valence-electron chi connectivity index (χ2n) is 5.29. The number of carbonyl (C=O) groups excluding carboxylic acids is 1. The molecule has 0 radical (unpaired) electrons. The van der Waals surface area contributed by atoms with Gasteiger partial charge in [0.25, 0.3) is 5.91 Å². The van der Waals surface area contributed by atoms with Gasteiger partial charge < -0.3 is 14.1 Å². The molecule has 1 aromatic carbocycles. The standard InChI is InChI=1S/C18H12FN3O2/c19-14-2-1-3-15(8-14)20-18(23)16-10-22-9-12(4-5-17(22)21-16)13-6-7-24-11-13/h1-11H,(H,20,23). The monoisotopic (exact) mass is 321 g/mol. The normalized spacial score (nSPS) is 10.9. The van der Waals surface area contributed by atoms with E-state index in [0.717, 1.165) is 11.1 Å². The Morgan fingerprint density at radius 3 is 2.83 bits per heavy atom. The average Bonchev–Trinajstić information content (AvgIpc) is 3.23. The molecule has 5 nitrogen and oxygen atoms in total. The first-order chi connectivity index (χ1) is 11.7. The topological polar surface area (TPSA) is 59.5 Å². The second kappa shape index (κ2) is 5.66. The van der Waals surface area contributed by atoms with Gasteiger partial charge >= 0.3 is 0 Å². The Hall–Kier alpha value is -3.41. The number of imidazole rings is 1. The molecule has 0 saturated heterocycles. The Bertz CT molecular complexity index is 1020. The third-order valence-corrected chi connectivity index (χ3v) is 3.62. The van der Waals surface area contributed by atoms with E-state index >= 15 is 0 Å². The maximum atomic E-state index is 13.2. The van der Waals surface area contributed by atoms with Gasteiger partial charge in [0.1, 0.15) is 17.2 Å². The number of amides is 1. The van der Waals surface area contributed by atoms with Crippen LogP contribution in [-0.2, 0) is 0 Å². The zero-order chi connectivity index (χ0) is 16.5. The van der Waals surface area contributed by atoms with Crippen molar-refractivity contribution >= 4 is 17.2 Å². The summed E-state index contributed by atoms with van der Waals surface area (Å²) in [4.78, 5) is 16.6. The molecule has 3 heterocycles. The molecule has 0 unspecified atom stereocenters. The molecule has 24 heavy (non-hydrogen) atoms. The van der Waals surface area contributed by atoms with Crippen LogP contribution in [0.1, 0.15) is 10.5 Å². The number of hydrogen-bond acceptors (Lipinski definition) is 3. The summed E-state index contributed by atoms with van der Waals surface area (Å²) in [5.74, 6) is -0.804. The Morgan fingerprint density at radius 1 is 1.12 bits per heavy atom. The molecule has 3 aromatic heterocycles. The van der Waals surface area contributed by atoms with Crippen molar-refractivity contribution in [3.8, 4) is 11.1 Å². The number of nitrogens with zero attached hydrogens (tertiary/aromatic N) is 2. The number of halogens is 1. The fourth-order valence-electron chi connectivity index (χ4n) is 2.46. The number of anilines is 1. The number of furan rings is 1. The van der Waals surface area contributed by atoms with E-state index in [4.69, 9.17) is 4.42 Å². The molecular formula is C18H12FN3O2. The van der Waals surface area contributed by atoms with Crippen LogP contribution >= 0.6 is 0 Å². The fraction of sp³-hybridized carbons (Fsp3) is 0. The van der Waals surface area contributed by atoms with Crippen molar-refractivity contribution in [2.24, 2.45) is 0 Å². The quantitative estimate of drug-likeness (QED) is 0.621. The molecule has 0 aliphatic heterocycles. The van der Waals surface area contributed by atoms with Crippen molar-refractivity contribution in [3.05, 3.63) is 78.9 Å². The zero-order valence-corrected chi connectivity index (χ0v) is 12.4. The lowest BCUT2D eigenvalue weighted by Crippen LogP contribution is -2.12. The van der Waals surface area contributed by atoms with Gasteiger partial charge in [0.05, 0.1) is 12.5 Å². The van der Waals surface area contributed by atoms with Gasteiger partial charge in [-0.15, -0.1) is 0 Å². The van der Waals surface area contributed by atoms with E-state index in [0.29, 0.717) is 11.3 Å². The first-order valence-electron chi connectivity index (χ1n) is 7.27. The summed E-state index contributed by atoms with van der Waals surface area (Å²) >= 11 is 0. The van der Waals surface area contributed by atoms with Gasteiger partial charge in [0.2, 0.25) is 0 Å². The third kappa shape index (κ3) is 2.65. The van der Waals surface area contributed by atoms with Crippen LogP contribution in [0.25, 0.3) is 16.8 Å². The lowest BCUT2D eigenvalue weighted by molar-refractivity contribution is 0.102. The maximum Gasteiger partial charge on any atom is 0.275 e. The average molecular weight is 321 g/mol. The van der Waals surface area contributed by atoms with E-state index in [2.05, 4.69) is 10.3 Å². The number of pyridine rings is 1. The summed E-state index contributed by atoms with van der Waals surface area (Å²) < 4.78 is 20.0. The van der Waals surface area contributed by atoms with Crippen molar-refractivity contribution < 1.29 is 13.6 Å². The molecule has 0 saturated carbocycles. The number of aromatic nitrogens is 2. The highest BCUT2D eigenvalue weighted by Crippen LogP contribution is 2.21. The first-order valence-corrected chi connectivity index (χ1v) is 7.27. The summed E-state index contributed by atoms with van der Waals surface area (Å²) in [6, 6.07) is 11.3. The number of nitrogens with one attached hydrogen (secondary N) is 1. The van der Waals surface area contributed by atoms with Crippen molar-refractivity contribution in [1.29, 1.82) is 0 Å². The SMILES string of the molecule is O=C(Nc1cccc(F)c1)c1cn2cc(-c3ccoc3)ccc2n1. The van der Waals surface area contributed by atoms with Gasteiger partial charge in [0.15, 0.2) is 0 Å². The zero-order valence-electron chi connectivity index (χ0n) is 12.4. The second-order valence-corrected chi connectivity index (χ2v) is 5.29. The van der Waals surface area contributed by atoms with Crippen LogP contribution in [0, 0.1) is 5.82 Å². The van der Waals surface area contributed by atoms with E-state index in [-0.39, 0.29) is 5.69 Å². The highest BCUT2D eigenvalue weighted by atomic mass is 19.1. The lowest BCUT2D eigenvalue weighted by Gasteiger charge is -2.02. The fourth-order valence-corrected chi connectivity index (χ4v) is 2.46. The van der Waals surface area contributed by atoms with Gasteiger partial charge in [-0.2, -0.15) is 0 Å². The Labute approximate surface area is 136 Å². The molecule has 0 atom stereocenters. The van der Waals surface area contributed by atoms with Gasteiger partial charge in [-0.05, 0) is 36.4 Å². The molecule has 6 heteroatoms. The molecular weight excluding hydrogens is 309 g/mol. The van der Waals surface area contributed by atoms with E-state index < -0.39 is 11.7 Å². The smallest absolute Gasteiger partial charge is 0.275 e. The highest BCUT2D eigenvalue weighted by molar-refractivity contribution is 6.03. The molecule has 0 bridgehead atoms. The molecule has 118 valence electrons. The van der Waals surface area contributed by atoms with Crippen LogP contribution in [0.5, 0.6) is 0 Å². The first kappa shape index (κ1) is 14.2. The van der Waals surface area contributed by atoms with Crippen molar-refractivity contribution in [1.82, 2.24) is 9.38 Å². The Kier molecular flexibility index (Phi) is 3.35. The molecule has 4 rings (SSSR count). The van der Waals surface area contributed by atoms with E-state index in [9.17, 15) is 9.18 Å². The summed E-state index contributed by atoms with van der Waals surface area (Å²) in [6.45, 7) is 0. The number of hydrogen-bond donors (Lipinski definition) is 1. The van der Waals surface area contributed by atoms with E-state index in [1.54, 1.807) is 29.2 Å². The number of benzene rings is 1. The predicted octanol–water partition coefficient (Wildman–Crippen LogP) is 3.99. The Balaban J connectivity index is 1.63. The van der Waals surface area contributed by atoms with Crippen LogP contribution in [0.15, 0.2) is 71.8 Å². The van der Waals surface area contributed by atoms with Gasteiger partial charge in [-0.1, -0.05) is 6.07 Å². The minimum absolute atomic E-state index is 0.253. The third-order valence-electron chi connectivity index (χ3n) is 3.62. The van der Waals surface area contributed by atoms with Crippen LogP contribution in [0.4, 0.5) is 10.1 Å². The number of carbonyl (C=O) groups is 1. The minimum atomic E-state index is -0.410. The summed E-state index contributed by atoms with van der Waals surface area (Å²) in [5, 5.41) is 2.63. The van der Waals surface area contributed by atoms with Crippen LogP contribution in [0.3, 0.4) is 0 Å². The van der Waals surface area contributed by atoms with Gasteiger partial charge in [-0.3, -0.25) is 4.79 Å². The van der Waals surface area contributed by atoms with E-state index in [1.165, 1.54) is 18.2 Å². The number of fused-ring (bicyclic) bond motifs is 1. The van der Waals surface area contributed by atoms with Crippen LogP contribution in [0.2, 0.25) is 0 Å². The lowest BCUT2D eigenvalue weighted by atomic mass is 10.1. The molecule has 0 fully saturated rings. The van der Waals surface area contributed by atoms with Crippen LogP contribution < -0.4 is 5.32 Å². The molecule has 4 aromatic rings. The minimum Gasteiger partial charge on any atom is -0.472 e. The van der Waals surface area contributed by atoms with Crippen molar-refractivity contribution in [3.63, 3.8) is 0 Å². The largest absolute Gasteiger partial charge is 0.472 e. The number of rotatable bonds is 3. The molecule has 0 aliphatic carbocycles. The van der Waals surface area contributed by atoms with Gasteiger partial charge in [0, 0.05) is 29.2 Å². The van der Waals surface area contributed by atoms with Gasteiger partial charge in [-0.25, -0.2) is 9.37 Å². The van der Waals surface area contributed by atoms with Crippen LogP contribution in [-0.4, -0.2) is 15.3 Å². The summed E-state index contributed by atoms with van der Waals surface area (Å²) in [5.41, 5.74) is 3.17. The molecule has 0 aliphatic rings. The predicted molar refractivity (Wildman–Crippen MR) is 87.2 cm³/mol. The highest BCUT2D eigenvalue weighted by Gasteiger charge is 2.12. The molecule has 0 spiro atoms. The van der Waals surface area contributed by atoms with E-state index in [1.807, 2.05) is 24.4 Å².